The van der Waals surface area contributed by atoms with Gasteiger partial charge in [0.05, 0.1) is 23.9 Å². The summed E-state index contributed by atoms with van der Waals surface area (Å²) in [5.74, 6) is 0.237. The van der Waals surface area contributed by atoms with Crippen LogP contribution < -0.4 is 5.32 Å². The molecule has 0 bridgehead atoms. The van der Waals surface area contributed by atoms with E-state index in [1.807, 2.05) is 18.4 Å². The summed E-state index contributed by atoms with van der Waals surface area (Å²) in [6, 6.07) is 3.87. The van der Waals surface area contributed by atoms with E-state index < -0.39 is 12.7 Å². The van der Waals surface area contributed by atoms with E-state index in [4.69, 9.17) is 4.74 Å². The molecule has 3 nitrogen and oxygen atoms in total. The molecule has 1 aliphatic heterocycles. The molecule has 7 heteroatoms. The van der Waals surface area contributed by atoms with Gasteiger partial charge in [-0.25, -0.2) is 4.98 Å². The first-order valence-corrected chi connectivity index (χ1v) is 7.61. The van der Waals surface area contributed by atoms with Crippen LogP contribution in [-0.2, 0) is 11.3 Å². The number of rotatable bonds is 5. The van der Waals surface area contributed by atoms with Crippen LogP contribution >= 0.6 is 11.8 Å². The molecule has 0 spiro atoms. The Morgan fingerprint density at radius 1 is 1.45 bits per heavy atom. The minimum atomic E-state index is -4.20. The van der Waals surface area contributed by atoms with E-state index in [0.29, 0.717) is 18.9 Å². The SMILES string of the molecule is CSc1ccc([C@H]2CCOC2)c(CNCC(F)(F)F)n1. The van der Waals surface area contributed by atoms with E-state index in [0.717, 1.165) is 17.0 Å². The summed E-state index contributed by atoms with van der Waals surface area (Å²) in [6.07, 6.45) is -1.41. The van der Waals surface area contributed by atoms with Crippen molar-refractivity contribution in [3.8, 4) is 0 Å². The van der Waals surface area contributed by atoms with Crippen LogP contribution in [0, 0.1) is 0 Å². The lowest BCUT2D eigenvalue weighted by Crippen LogP contribution is -2.29. The molecule has 1 aromatic rings. The van der Waals surface area contributed by atoms with Crippen LogP contribution in [0.2, 0.25) is 0 Å². The second kappa shape index (κ2) is 6.78. The molecule has 1 aromatic heterocycles. The zero-order chi connectivity index (χ0) is 14.6. The lowest BCUT2D eigenvalue weighted by atomic mass is 9.97. The minimum absolute atomic E-state index is 0.125. The molecule has 0 aliphatic carbocycles. The van der Waals surface area contributed by atoms with Crippen molar-refractivity contribution in [1.82, 2.24) is 10.3 Å². The van der Waals surface area contributed by atoms with Crippen LogP contribution in [0.3, 0.4) is 0 Å². The van der Waals surface area contributed by atoms with Gasteiger partial charge in [-0.3, -0.25) is 0 Å². The Hall–Kier alpha value is -0.790. The van der Waals surface area contributed by atoms with Crippen LogP contribution in [-0.4, -0.2) is 37.2 Å². The smallest absolute Gasteiger partial charge is 0.381 e. The molecule has 1 atom stereocenters. The Bertz CT molecular complexity index is 448. The van der Waals surface area contributed by atoms with E-state index in [2.05, 4.69) is 10.3 Å². The lowest BCUT2D eigenvalue weighted by molar-refractivity contribution is -0.125. The Labute approximate surface area is 120 Å². The van der Waals surface area contributed by atoms with Crippen molar-refractivity contribution in [3.05, 3.63) is 23.4 Å². The first kappa shape index (κ1) is 15.6. The monoisotopic (exact) mass is 306 g/mol. The number of nitrogens with one attached hydrogen (secondary N) is 1. The van der Waals surface area contributed by atoms with Crippen molar-refractivity contribution in [1.29, 1.82) is 0 Å². The molecular formula is C13H17F3N2OS. The maximum Gasteiger partial charge on any atom is 0.401 e. The topological polar surface area (TPSA) is 34.1 Å². The van der Waals surface area contributed by atoms with Crippen LogP contribution in [0.15, 0.2) is 17.2 Å². The van der Waals surface area contributed by atoms with E-state index in [1.165, 1.54) is 11.8 Å². The normalized spacial score (nSPS) is 19.5. The quantitative estimate of drug-likeness (QED) is 0.848. The van der Waals surface area contributed by atoms with Gasteiger partial charge in [-0.15, -0.1) is 11.8 Å². The number of pyridine rings is 1. The van der Waals surface area contributed by atoms with Crippen LogP contribution in [0.5, 0.6) is 0 Å². The van der Waals surface area contributed by atoms with Gasteiger partial charge in [0.15, 0.2) is 0 Å². The van der Waals surface area contributed by atoms with Gasteiger partial charge in [-0.2, -0.15) is 13.2 Å². The molecule has 0 saturated carbocycles. The fraction of sp³-hybridized carbons (Fsp3) is 0.615. The van der Waals surface area contributed by atoms with Gasteiger partial charge < -0.3 is 10.1 Å². The zero-order valence-electron chi connectivity index (χ0n) is 11.2. The standard InChI is InChI=1S/C13H17F3N2OS/c1-20-12-3-2-10(9-4-5-19-7-9)11(18-12)6-17-8-13(14,15)16/h2-3,9,17H,4-8H2,1H3/t9-/m0/s1. The summed E-state index contributed by atoms with van der Waals surface area (Å²) in [5, 5.41) is 3.24. The maximum absolute atomic E-state index is 12.2. The number of nitrogens with zero attached hydrogens (tertiary/aromatic N) is 1. The summed E-state index contributed by atoms with van der Waals surface area (Å²) in [4.78, 5) is 4.43. The van der Waals surface area contributed by atoms with E-state index in [9.17, 15) is 13.2 Å². The zero-order valence-corrected chi connectivity index (χ0v) is 12.0. The number of halogens is 3. The molecule has 0 radical (unpaired) electrons. The Morgan fingerprint density at radius 3 is 2.85 bits per heavy atom. The summed E-state index contributed by atoms with van der Waals surface area (Å²) in [7, 11) is 0. The van der Waals surface area contributed by atoms with Gasteiger partial charge in [-0.05, 0) is 24.3 Å². The fourth-order valence-corrected chi connectivity index (χ4v) is 2.63. The third kappa shape index (κ3) is 4.36. The van der Waals surface area contributed by atoms with Crippen molar-refractivity contribution >= 4 is 11.8 Å². The highest BCUT2D eigenvalue weighted by atomic mass is 32.2. The largest absolute Gasteiger partial charge is 0.401 e. The Morgan fingerprint density at radius 2 is 2.25 bits per heavy atom. The van der Waals surface area contributed by atoms with Crippen LogP contribution in [0.4, 0.5) is 13.2 Å². The molecule has 1 aliphatic rings. The molecule has 0 aromatic carbocycles. The Kier molecular flexibility index (Phi) is 5.29. The lowest BCUT2D eigenvalue weighted by Gasteiger charge is -2.15. The number of thioether (sulfide) groups is 1. The molecule has 112 valence electrons. The van der Waals surface area contributed by atoms with Gasteiger partial charge >= 0.3 is 6.18 Å². The van der Waals surface area contributed by atoms with Crippen molar-refractivity contribution in [2.24, 2.45) is 0 Å². The molecule has 2 heterocycles. The molecule has 2 rings (SSSR count). The van der Waals surface area contributed by atoms with Gasteiger partial charge in [0, 0.05) is 19.1 Å². The van der Waals surface area contributed by atoms with E-state index >= 15 is 0 Å². The van der Waals surface area contributed by atoms with Gasteiger partial charge in [-0.1, -0.05) is 6.07 Å². The average Bonchev–Trinajstić information content (AvgIpc) is 2.91. The summed E-state index contributed by atoms with van der Waals surface area (Å²) >= 11 is 1.48. The van der Waals surface area contributed by atoms with Crippen molar-refractivity contribution in [2.45, 2.75) is 30.1 Å². The third-order valence-electron chi connectivity index (χ3n) is 3.18. The second-order valence-corrected chi connectivity index (χ2v) is 5.50. The number of ether oxygens (including phenoxy) is 1. The highest BCUT2D eigenvalue weighted by molar-refractivity contribution is 7.98. The molecular weight excluding hydrogens is 289 g/mol. The number of hydrogen-bond donors (Lipinski definition) is 1. The van der Waals surface area contributed by atoms with Gasteiger partial charge in [0.25, 0.3) is 0 Å². The number of alkyl halides is 3. The van der Waals surface area contributed by atoms with E-state index in [-0.39, 0.29) is 12.5 Å². The molecule has 1 N–H and O–H groups in total. The highest BCUT2D eigenvalue weighted by Gasteiger charge is 2.27. The van der Waals surface area contributed by atoms with Crippen molar-refractivity contribution < 1.29 is 17.9 Å². The molecule has 0 unspecified atom stereocenters. The second-order valence-electron chi connectivity index (χ2n) is 4.67. The predicted molar refractivity (Wildman–Crippen MR) is 72.0 cm³/mol. The average molecular weight is 306 g/mol. The van der Waals surface area contributed by atoms with Crippen LogP contribution in [0.1, 0.15) is 23.6 Å². The summed E-state index contributed by atoms with van der Waals surface area (Å²) in [5.41, 5.74) is 1.69. The summed E-state index contributed by atoms with van der Waals surface area (Å²) in [6.45, 7) is 0.440. The Balaban J connectivity index is 2.10. The van der Waals surface area contributed by atoms with Crippen molar-refractivity contribution in [2.75, 3.05) is 26.0 Å². The van der Waals surface area contributed by atoms with Gasteiger partial charge in [0.2, 0.25) is 0 Å². The van der Waals surface area contributed by atoms with Crippen molar-refractivity contribution in [3.63, 3.8) is 0 Å². The first-order chi connectivity index (χ1) is 9.49. The molecule has 1 fully saturated rings. The minimum Gasteiger partial charge on any atom is -0.381 e. The molecule has 1 saturated heterocycles. The summed E-state index contributed by atoms with van der Waals surface area (Å²) < 4.78 is 41.9. The van der Waals surface area contributed by atoms with Crippen LogP contribution in [0.25, 0.3) is 0 Å². The first-order valence-electron chi connectivity index (χ1n) is 6.38. The molecule has 0 amide bonds. The number of hydrogen-bond acceptors (Lipinski definition) is 4. The number of aromatic nitrogens is 1. The fourth-order valence-electron chi connectivity index (χ4n) is 2.22. The molecule has 20 heavy (non-hydrogen) atoms. The maximum atomic E-state index is 12.2. The predicted octanol–water partition coefficient (Wildman–Crippen LogP) is 2.96. The highest BCUT2D eigenvalue weighted by Crippen LogP contribution is 2.28. The van der Waals surface area contributed by atoms with E-state index in [1.54, 1.807) is 0 Å². The van der Waals surface area contributed by atoms with Gasteiger partial charge in [0.1, 0.15) is 0 Å². The third-order valence-corrected chi connectivity index (χ3v) is 3.83.